The van der Waals surface area contributed by atoms with Crippen LogP contribution in [0.25, 0.3) is 0 Å². The molecule has 0 aliphatic carbocycles. The number of halogens is 1. The first kappa shape index (κ1) is 13.2. The van der Waals surface area contributed by atoms with Gasteiger partial charge in [0.2, 0.25) is 0 Å². The summed E-state index contributed by atoms with van der Waals surface area (Å²) >= 11 is 7.90. The minimum Gasteiger partial charge on any atom is -0.492 e. The molecule has 0 radical (unpaired) electrons. The Morgan fingerprint density at radius 1 is 1.39 bits per heavy atom. The minimum atomic E-state index is 0.277. The Hall–Kier alpha value is -1.19. The van der Waals surface area contributed by atoms with E-state index in [0.717, 1.165) is 11.4 Å². The van der Waals surface area contributed by atoms with E-state index in [-0.39, 0.29) is 6.04 Å². The smallest absolute Gasteiger partial charge is 0.138 e. The summed E-state index contributed by atoms with van der Waals surface area (Å²) in [7, 11) is 0. The minimum absolute atomic E-state index is 0.277. The average Bonchev–Trinajstić information content (AvgIpc) is 2.86. The first-order valence-electron chi connectivity index (χ1n) is 5.93. The van der Waals surface area contributed by atoms with Gasteiger partial charge < -0.3 is 10.1 Å². The van der Waals surface area contributed by atoms with Crippen LogP contribution < -0.4 is 10.1 Å². The van der Waals surface area contributed by atoms with Crippen molar-refractivity contribution in [3.05, 3.63) is 45.6 Å². The third kappa shape index (κ3) is 3.18. The van der Waals surface area contributed by atoms with E-state index in [2.05, 4.69) is 29.8 Å². The van der Waals surface area contributed by atoms with Gasteiger partial charge in [-0.15, -0.1) is 11.3 Å². The molecule has 0 amide bonds. The molecule has 0 aliphatic heterocycles. The third-order valence-corrected chi connectivity index (χ3v) is 3.94. The summed E-state index contributed by atoms with van der Waals surface area (Å²) in [6.07, 6.45) is 0. The van der Waals surface area contributed by atoms with Crippen LogP contribution in [0.2, 0.25) is 5.02 Å². The maximum atomic E-state index is 6.15. The number of benzene rings is 1. The topological polar surface area (TPSA) is 21.3 Å². The van der Waals surface area contributed by atoms with Gasteiger partial charge in [0.25, 0.3) is 0 Å². The number of rotatable bonds is 5. The van der Waals surface area contributed by atoms with Crippen LogP contribution in [0.15, 0.2) is 35.7 Å². The molecule has 1 N–H and O–H groups in total. The SMILES string of the molecule is CCOc1ccc(NC(C)c2cccs2)cc1Cl. The zero-order valence-corrected chi connectivity index (χ0v) is 12.0. The lowest BCUT2D eigenvalue weighted by molar-refractivity contribution is 0.340. The Kier molecular flexibility index (Phi) is 4.50. The summed E-state index contributed by atoms with van der Waals surface area (Å²) in [6.45, 7) is 4.70. The van der Waals surface area contributed by atoms with Gasteiger partial charge in [0.15, 0.2) is 0 Å². The van der Waals surface area contributed by atoms with Crippen molar-refractivity contribution in [2.45, 2.75) is 19.9 Å². The monoisotopic (exact) mass is 281 g/mol. The molecule has 1 aromatic heterocycles. The van der Waals surface area contributed by atoms with Gasteiger partial charge in [-0.05, 0) is 43.5 Å². The molecule has 1 unspecified atom stereocenters. The summed E-state index contributed by atoms with van der Waals surface area (Å²) in [5, 5.41) is 6.15. The molecule has 0 spiro atoms. The number of hydrogen-bond acceptors (Lipinski definition) is 3. The van der Waals surface area contributed by atoms with Crippen molar-refractivity contribution in [2.75, 3.05) is 11.9 Å². The van der Waals surface area contributed by atoms with Crippen molar-refractivity contribution < 1.29 is 4.74 Å². The summed E-state index contributed by atoms with van der Waals surface area (Å²) in [5.74, 6) is 0.730. The van der Waals surface area contributed by atoms with Crippen LogP contribution in [0.1, 0.15) is 24.8 Å². The average molecular weight is 282 g/mol. The molecule has 1 aromatic carbocycles. The van der Waals surface area contributed by atoms with E-state index in [9.17, 15) is 0 Å². The Balaban J connectivity index is 2.08. The van der Waals surface area contributed by atoms with Crippen molar-refractivity contribution >= 4 is 28.6 Å². The predicted molar refractivity (Wildman–Crippen MR) is 79.0 cm³/mol. The highest BCUT2D eigenvalue weighted by Gasteiger charge is 2.08. The molecule has 4 heteroatoms. The van der Waals surface area contributed by atoms with E-state index in [1.807, 2.05) is 25.1 Å². The van der Waals surface area contributed by atoms with E-state index in [1.54, 1.807) is 11.3 Å². The molecule has 2 nitrogen and oxygen atoms in total. The van der Waals surface area contributed by atoms with Crippen LogP contribution in [-0.4, -0.2) is 6.61 Å². The summed E-state index contributed by atoms with van der Waals surface area (Å²) in [6, 6.07) is 10.2. The van der Waals surface area contributed by atoms with Gasteiger partial charge in [0.1, 0.15) is 5.75 Å². The van der Waals surface area contributed by atoms with Crippen molar-refractivity contribution in [1.29, 1.82) is 0 Å². The van der Waals surface area contributed by atoms with E-state index < -0.39 is 0 Å². The second-order valence-corrected chi connectivity index (χ2v) is 5.35. The van der Waals surface area contributed by atoms with E-state index >= 15 is 0 Å². The number of anilines is 1. The normalized spacial score (nSPS) is 12.2. The Labute approximate surface area is 117 Å². The second kappa shape index (κ2) is 6.12. The Bertz CT molecular complexity index is 499. The van der Waals surface area contributed by atoms with Crippen molar-refractivity contribution in [1.82, 2.24) is 0 Å². The zero-order chi connectivity index (χ0) is 13.0. The summed E-state index contributed by atoms with van der Waals surface area (Å²) in [5.41, 5.74) is 1.00. The van der Waals surface area contributed by atoms with Gasteiger partial charge in [-0.1, -0.05) is 17.7 Å². The summed E-state index contributed by atoms with van der Waals surface area (Å²) < 4.78 is 5.41. The molecular formula is C14H16ClNOS. The first-order chi connectivity index (χ1) is 8.70. The van der Waals surface area contributed by atoms with Crippen LogP contribution >= 0.6 is 22.9 Å². The maximum Gasteiger partial charge on any atom is 0.138 e. The lowest BCUT2D eigenvalue weighted by Gasteiger charge is -2.15. The summed E-state index contributed by atoms with van der Waals surface area (Å²) in [4.78, 5) is 1.31. The van der Waals surface area contributed by atoms with Crippen molar-refractivity contribution in [2.24, 2.45) is 0 Å². The predicted octanol–water partition coefficient (Wildman–Crippen LogP) is 4.97. The number of nitrogens with one attached hydrogen (secondary N) is 1. The lowest BCUT2D eigenvalue weighted by Crippen LogP contribution is -2.04. The van der Waals surface area contributed by atoms with Gasteiger partial charge in [-0.3, -0.25) is 0 Å². The molecule has 1 atom stereocenters. The van der Waals surface area contributed by atoms with Gasteiger partial charge >= 0.3 is 0 Å². The van der Waals surface area contributed by atoms with Crippen LogP contribution in [0.3, 0.4) is 0 Å². The molecule has 2 aromatic rings. The van der Waals surface area contributed by atoms with E-state index in [4.69, 9.17) is 16.3 Å². The second-order valence-electron chi connectivity index (χ2n) is 3.96. The third-order valence-electron chi connectivity index (χ3n) is 2.58. The molecule has 1 heterocycles. The molecule has 0 fully saturated rings. The molecule has 0 aliphatic rings. The highest BCUT2D eigenvalue weighted by Crippen LogP contribution is 2.30. The first-order valence-corrected chi connectivity index (χ1v) is 7.18. The zero-order valence-electron chi connectivity index (χ0n) is 10.4. The van der Waals surface area contributed by atoms with Gasteiger partial charge in [0.05, 0.1) is 17.7 Å². The largest absolute Gasteiger partial charge is 0.492 e. The quantitative estimate of drug-likeness (QED) is 0.835. The van der Waals surface area contributed by atoms with Crippen molar-refractivity contribution in [3.8, 4) is 5.75 Å². The molecule has 96 valence electrons. The molecule has 18 heavy (non-hydrogen) atoms. The number of hydrogen-bond donors (Lipinski definition) is 1. The van der Waals surface area contributed by atoms with E-state index in [0.29, 0.717) is 11.6 Å². The van der Waals surface area contributed by atoms with Gasteiger partial charge in [-0.25, -0.2) is 0 Å². The number of thiophene rings is 1. The van der Waals surface area contributed by atoms with Crippen molar-refractivity contribution in [3.63, 3.8) is 0 Å². The van der Waals surface area contributed by atoms with Crippen LogP contribution in [0.5, 0.6) is 5.75 Å². The molecular weight excluding hydrogens is 266 g/mol. The maximum absolute atomic E-state index is 6.15. The van der Waals surface area contributed by atoms with E-state index in [1.165, 1.54) is 4.88 Å². The number of ether oxygens (including phenoxy) is 1. The fraction of sp³-hybridized carbons (Fsp3) is 0.286. The Morgan fingerprint density at radius 3 is 2.83 bits per heavy atom. The van der Waals surface area contributed by atoms with Crippen LogP contribution in [-0.2, 0) is 0 Å². The Morgan fingerprint density at radius 2 is 2.22 bits per heavy atom. The molecule has 0 bridgehead atoms. The van der Waals surface area contributed by atoms with Crippen LogP contribution in [0.4, 0.5) is 5.69 Å². The highest BCUT2D eigenvalue weighted by molar-refractivity contribution is 7.10. The molecule has 0 saturated heterocycles. The fourth-order valence-corrected chi connectivity index (χ4v) is 2.69. The standard InChI is InChI=1S/C14H16ClNOS/c1-3-17-13-7-6-11(9-12(13)15)16-10(2)14-5-4-8-18-14/h4-10,16H,3H2,1-2H3. The lowest BCUT2D eigenvalue weighted by atomic mass is 10.2. The van der Waals surface area contributed by atoms with Gasteiger partial charge in [0, 0.05) is 10.6 Å². The van der Waals surface area contributed by atoms with Crippen LogP contribution in [0, 0.1) is 0 Å². The highest BCUT2D eigenvalue weighted by atomic mass is 35.5. The van der Waals surface area contributed by atoms with Gasteiger partial charge in [-0.2, -0.15) is 0 Å². The molecule has 2 rings (SSSR count). The fourth-order valence-electron chi connectivity index (χ4n) is 1.72. The molecule has 0 saturated carbocycles.